The molecule has 2 aromatic rings. The third kappa shape index (κ3) is 3.23. The second kappa shape index (κ2) is 7.58. The van der Waals surface area contributed by atoms with E-state index in [0.29, 0.717) is 17.3 Å². The zero-order valence-electron chi connectivity index (χ0n) is 16.5. The molecule has 1 aliphatic rings. The van der Waals surface area contributed by atoms with Crippen LogP contribution >= 0.6 is 0 Å². The highest BCUT2D eigenvalue weighted by Gasteiger charge is 2.44. The van der Waals surface area contributed by atoms with Crippen molar-refractivity contribution >= 4 is 12.6 Å². The van der Waals surface area contributed by atoms with E-state index in [1.165, 1.54) is 22.3 Å². The second-order valence-electron chi connectivity index (χ2n) is 8.24. The SMILES string of the molecule is CCC(C)CC1(CC(C)CC)c2ccccc2-c2ccc(B(O)O)cc21. The molecule has 0 fully saturated rings. The molecule has 3 heteroatoms. The predicted octanol–water partition coefficient (Wildman–Crippen LogP) is 4.51. The summed E-state index contributed by atoms with van der Waals surface area (Å²) in [7, 11) is -1.42. The average molecular weight is 350 g/mol. The van der Waals surface area contributed by atoms with E-state index in [0.717, 1.165) is 25.7 Å². The molecule has 2 nitrogen and oxygen atoms in total. The third-order valence-corrected chi connectivity index (χ3v) is 6.38. The number of rotatable bonds is 7. The van der Waals surface area contributed by atoms with Crippen molar-refractivity contribution in [2.75, 3.05) is 0 Å². The molecule has 2 unspecified atom stereocenters. The van der Waals surface area contributed by atoms with Crippen molar-refractivity contribution in [1.29, 1.82) is 0 Å². The monoisotopic (exact) mass is 350 g/mol. The van der Waals surface area contributed by atoms with Crippen molar-refractivity contribution in [2.24, 2.45) is 11.8 Å². The van der Waals surface area contributed by atoms with Gasteiger partial charge in [-0.15, -0.1) is 0 Å². The first-order valence-electron chi connectivity index (χ1n) is 10.0. The quantitative estimate of drug-likeness (QED) is 0.722. The molecule has 0 spiro atoms. The normalized spacial score (nSPS) is 20.4. The van der Waals surface area contributed by atoms with Crippen molar-refractivity contribution in [3.8, 4) is 11.1 Å². The van der Waals surface area contributed by atoms with Gasteiger partial charge in [0.2, 0.25) is 0 Å². The Morgan fingerprint density at radius 3 is 2.00 bits per heavy atom. The van der Waals surface area contributed by atoms with Gasteiger partial charge < -0.3 is 10.0 Å². The standard InChI is InChI=1S/C23H31BO2/c1-5-16(3)14-23(15-17(4)6-2)21-10-8-7-9-19(21)20-12-11-18(24(25)26)13-22(20)23/h7-13,16-17,25-26H,5-6,14-15H2,1-4H3. The van der Waals surface area contributed by atoms with Crippen LogP contribution in [0.1, 0.15) is 64.5 Å². The zero-order valence-corrected chi connectivity index (χ0v) is 16.5. The zero-order chi connectivity index (χ0) is 18.9. The van der Waals surface area contributed by atoms with Crippen LogP contribution in [0.3, 0.4) is 0 Å². The van der Waals surface area contributed by atoms with Gasteiger partial charge in [-0.05, 0) is 52.4 Å². The fourth-order valence-electron chi connectivity index (χ4n) is 4.64. The number of benzene rings is 2. The second-order valence-corrected chi connectivity index (χ2v) is 8.24. The summed E-state index contributed by atoms with van der Waals surface area (Å²) in [6.45, 7) is 9.20. The highest BCUT2D eigenvalue weighted by atomic mass is 16.4. The van der Waals surface area contributed by atoms with Gasteiger partial charge in [0, 0.05) is 5.41 Å². The summed E-state index contributed by atoms with van der Waals surface area (Å²) in [5.41, 5.74) is 5.82. The van der Waals surface area contributed by atoms with Gasteiger partial charge in [-0.25, -0.2) is 0 Å². The molecule has 0 aliphatic heterocycles. The van der Waals surface area contributed by atoms with Crippen LogP contribution in [0.15, 0.2) is 42.5 Å². The number of hydrogen-bond acceptors (Lipinski definition) is 2. The van der Waals surface area contributed by atoms with Crippen molar-refractivity contribution in [2.45, 2.75) is 58.8 Å². The minimum absolute atomic E-state index is 0.0400. The number of fused-ring (bicyclic) bond motifs is 3. The summed E-state index contributed by atoms with van der Waals surface area (Å²) in [4.78, 5) is 0. The molecule has 0 bridgehead atoms. The smallest absolute Gasteiger partial charge is 0.423 e. The van der Waals surface area contributed by atoms with Crippen molar-refractivity contribution < 1.29 is 10.0 Å². The molecule has 0 amide bonds. The molecule has 138 valence electrons. The van der Waals surface area contributed by atoms with E-state index < -0.39 is 7.12 Å². The molecule has 2 N–H and O–H groups in total. The van der Waals surface area contributed by atoms with Crippen molar-refractivity contribution in [3.63, 3.8) is 0 Å². The summed E-state index contributed by atoms with van der Waals surface area (Å²) < 4.78 is 0. The number of hydrogen-bond donors (Lipinski definition) is 2. The average Bonchev–Trinajstić information content (AvgIpc) is 2.91. The molecule has 3 rings (SSSR count). The first kappa shape index (κ1) is 19.2. The Hall–Kier alpha value is -1.58. The van der Waals surface area contributed by atoms with Crippen LogP contribution in [0.5, 0.6) is 0 Å². The fourth-order valence-corrected chi connectivity index (χ4v) is 4.64. The van der Waals surface area contributed by atoms with Gasteiger partial charge in [-0.2, -0.15) is 0 Å². The lowest BCUT2D eigenvalue weighted by atomic mass is 9.65. The summed E-state index contributed by atoms with van der Waals surface area (Å²) in [5, 5.41) is 19.5. The van der Waals surface area contributed by atoms with Crippen LogP contribution in [-0.4, -0.2) is 17.2 Å². The molecular formula is C23H31BO2. The Kier molecular flexibility index (Phi) is 5.59. The van der Waals surface area contributed by atoms with Crippen LogP contribution in [-0.2, 0) is 5.41 Å². The predicted molar refractivity (Wildman–Crippen MR) is 111 cm³/mol. The van der Waals surface area contributed by atoms with Gasteiger partial charge in [0.25, 0.3) is 0 Å². The molecule has 0 saturated heterocycles. The lowest BCUT2D eigenvalue weighted by Gasteiger charge is -2.37. The highest BCUT2D eigenvalue weighted by molar-refractivity contribution is 6.58. The highest BCUT2D eigenvalue weighted by Crippen LogP contribution is 2.55. The largest absolute Gasteiger partial charge is 0.488 e. The first-order chi connectivity index (χ1) is 12.4. The molecule has 2 aromatic carbocycles. The lowest BCUT2D eigenvalue weighted by Crippen LogP contribution is -2.34. The minimum atomic E-state index is -1.42. The third-order valence-electron chi connectivity index (χ3n) is 6.38. The van der Waals surface area contributed by atoms with E-state index >= 15 is 0 Å². The molecular weight excluding hydrogens is 319 g/mol. The van der Waals surface area contributed by atoms with E-state index in [1.807, 2.05) is 12.1 Å². The van der Waals surface area contributed by atoms with Gasteiger partial charge in [0.1, 0.15) is 0 Å². The van der Waals surface area contributed by atoms with E-state index in [2.05, 4.69) is 58.0 Å². The van der Waals surface area contributed by atoms with Crippen LogP contribution in [0.2, 0.25) is 0 Å². The van der Waals surface area contributed by atoms with E-state index in [-0.39, 0.29) is 5.41 Å². The maximum atomic E-state index is 9.75. The summed E-state index contributed by atoms with van der Waals surface area (Å²) in [6, 6.07) is 14.7. The van der Waals surface area contributed by atoms with Crippen LogP contribution in [0.25, 0.3) is 11.1 Å². The Balaban J connectivity index is 2.25. The van der Waals surface area contributed by atoms with Crippen molar-refractivity contribution in [3.05, 3.63) is 53.6 Å². The van der Waals surface area contributed by atoms with Crippen LogP contribution < -0.4 is 5.46 Å². The molecule has 0 heterocycles. The summed E-state index contributed by atoms with van der Waals surface area (Å²) in [6.07, 6.45) is 4.51. The maximum absolute atomic E-state index is 9.75. The molecule has 0 aromatic heterocycles. The fraction of sp³-hybridized carbons (Fsp3) is 0.478. The Morgan fingerprint density at radius 2 is 1.42 bits per heavy atom. The van der Waals surface area contributed by atoms with Gasteiger partial charge in [0.15, 0.2) is 0 Å². The van der Waals surface area contributed by atoms with Gasteiger partial charge >= 0.3 is 7.12 Å². The van der Waals surface area contributed by atoms with Gasteiger partial charge in [-0.3, -0.25) is 0 Å². The van der Waals surface area contributed by atoms with Crippen molar-refractivity contribution in [1.82, 2.24) is 0 Å². The van der Waals surface area contributed by atoms with E-state index in [4.69, 9.17) is 0 Å². The Bertz CT molecular complexity index is 757. The topological polar surface area (TPSA) is 40.5 Å². The van der Waals surface area contributed by atoms with Crippen LogP contribution in [0, 0.1) is 11.8 Å². The molecule has 2 atom stereocenters. The molecule has 0 saturated carbocycles. The van der Waals surface area contributed by atoms with Gasteiger partial charge in [-0.1, -0.05) is 83.0 Å². The minimum Gasteiger partial charge on any atom is -0.423 e. The summed E-state index contributed by atoms with van der Waals surface area (Å²) in [5.74, 6) is 1.22. The summed E-state index contributed by atoms with van der Waals surface area (Å²) >= 11 is 0. The van der Waals surface area contributed by atoms with E-state index in [1.54, 1.807) is 0 Å². The Labute approximate surface area is 158 Å². The lowest BCUT2D eigenvalue weighted by molar-refractivity contribution is 0.308. The van der Waals surface area contributed by atoms with E-state index in [9.17, 15) is 10.0 Å². The Morgan fingerprint density at radius 1 is 0.846 bits per heavy atom. The molecule has 0 radical (unpaired) electrons. The maximum Gasteiger partial charge on any atom is 0.488 e. The van der Waals surface area contributed by atoms with Gasteiger partial charge in [0.05, 0.1) is 0 Å². The molecule has 26 heavy (non-hydrogen) atoms. The molecule has 1 aliphatic carbocycles. The van der Waals surface area contributed by atoms with Crippen LogP contribution in [0.4, 0.5) is 0 Å². The first-order valence-corrected chi connectivity index (χ1v) is 10.0.